The van der Waals surface area contributed by atoms with E-state index in [-0.39, 0.29) is 18.9 Å². The molecule has 1 aliphatic rings. The fourth-order valence-corrected chi connectivity index (χ4v) is 2.23. The lowest BCUT2D eigenvalue weighted by atomic mass is 10.0. The number of hydrazine groups is 1. The molecule has 8 nitrogen and oxygen atoms in total. The van der Waals surface area contributed by atoms with Gasteiger partial charge in [0.15, 0.2) is 0 Å². The summed E-state index contributed by atoms with van der Waals surface area (Å²) in [6, 6.07) is 5.42. The number of carbonyl (C=O) groups is 4. The van der Waals surface area contributed by atoms with Gasteiger partial charge in [0.25, 0.3) is 0 Å². The summed E-state index contributed by atoms with van der Waals surface area (Å²) in [4.78, 5) is 45.8. The summed E-state index contributed by atoms with van der Waals surface area (Å²) in [6.07, 6.45) is -0.0980. The molecule has 1 aliphatic heterocycles. The van der Waals surface area contributed by atoms with Crippen molar-refractivity contribution < 1.29 is 19.2 Å². The SMILES string of the molecule is CC(=O)NC(CC(=O)NN1CC(=O)NC1=O)c1ccc(Cl)cc1. The number of benzene rings is 1. The number of hydrogen-bond donors (Lipinski definition) is 3. The number of halogens is 1. The molecule has 0 radical (unpaired) electrons. The van der Waals surface area contributed by atoms with Crippen LogP contribution in [0.3, 0.4) is 0 Å². The van der Waals surface area contributed by atoms with Crippen LogP contribution in [0.1, 0.15) is 24.9 Å². The molecule has 0 aliphatic carbocycles. The lowest BCUT2D eigenvalue weighted by Crippen LogP contribution is -2.45. The second-order valence-corrected chi connectivity index (χ2v) is 5.42. The molecule has 0 spiro atoms. The summed E-state index contributed by atoms with van der Waals surface area (Å²) in [5.74, 6) is -1.30. The van der Waals surface area contributed by atoms with Gasteiger partial charge in [-0.15, -0.1) is 0 Å². The molecule has 0 saturated carbocycles. The van der Waals surface area contributed by atoms with E-state index in [0.29, 0.717) is 10.6 Å². The zero-order chi connectivity index (χ0) is 17.0. The molecule has 0 bridgehead atoms. The van der Waals surface area contributed by atoms with Crippen LogP contribution in [-0.2, 0) is 14.4 Å². The number of carbonyl (C=O) groups excluding carboxylic acids is 4. The Morgan fingerprint density at radius 3 is 2.48 bits per heavy atom. The van der Waals surface area contributed by atoms with Gasteiger partial charge in [-0.05, 0) is 17.7 Å². The van der Waals surface area contributed by atoms with Crippen LogP contribution >= 0.6 is 11.6 Å². The summed E-state index contributed by atoms with van der Waals surface area (Å²) >= 11 is 5.82. The first-order valence-corrected chi connectivity index (χ1v) is 7.16. The largest absolute Gasteiger partial charge is 0.349 e. The second kappa shape index (κ2) is 7.10. The Morgan fingerprint density at radius 2 is 1.96 bits per heavy atom. The number of amides is 5. The van der Waals surface area contributed by atoms with E-state index in [4.69, 9.17) is 11.6 Å². The third-order valence-electron chi connectivity index (χ3n) is 3.09. The average Bonchev–Trinajstić information content (AvgIpc) is 2.76. The molecule has 1 atom stereocenters. The Morgan fingerprint density at radius 1 is 1.30 bits per heavy atom. The molecule has 1 fully saturated rings. The molecule has 1 heterocycles. The molecule has 23 heavy (non-hydrogen) atoms. The lowest BCUT2D eigenvalue weighted by Gasteiger charge is -2.20. The Hall–Kier alpha value is -2.61. The quantitative estimate of drug-likeness (QED) is 0.679. The molecule has 0 aromatic heterocycles. The van der Waals surface area contributed by atoms with Crippen molar-refractivity contribution in [2.24, 2.45) is 0 Å². The third-order valence-corrected chi connectivity index (χ3v) is 3.34. The number of imide groups is 1. The van der Waals surface area contributed by atoms with Crippen LogP contribution in [0.15, 0.2) is 24.3 Å². The van der Waals surface area contributed by atoms with Crippen molar-refractivity contribution >= 4 is 35.4 Å². The first-order chi connectivity index (χ1) is 10.8. The average molecular weight is 339 g/mol. The molecule has 2 rings (SSSR count). The summed E-state index contributed by atoms with van der Waals surface area (Å²) in [5.41, 5.74) is 3.02. The smallest absolute Gasteiger partial charge is 0.343 e. The Labute approximate surface area is 137 Å². The molecule has 1 saturated heterocycles. The van der Waals surface area contributed by atoms with Crippen LogP contribution in [0.4, 0.5) is 4.79 Å². The van der Waals surface area contributed by atoms with Gasteiger partial charge in [0.2, 0.25) is 17.7 Å². The highest BCUT2D eigenvalue weighted by Crippen LogP contribution is 2.19. The molecule has 1 unspecified atom stereocenters. The minimum atomic E-state index is -0.689. The van der Waals surface area contributed by atoms with Crippen LogP contribution in [0, 0.1) is 0 Å². The maximum absolute atomic E-state index is 12.1. The highest BCUT2D eigenvalue weighted by Gasteiger charge is 2.29. The fourth-order valence-electron chi connectivity index (χ4n) is 2.11. The molecule has 1 aromatic carbocycles. The summed E-state index contributed by atoms with van der Waals surface area (Å²) in [5, 5.41) is 6.13. The van der Waals surface area contributed by atoms with E-state index in [2.05, 4.69) is 10.7 Å². The molecular weight excluding hydrogens is 324 g/mol. The van der Waals surface area contributed by atoms with Gasteiger partial charge in [0.05, 0.1) is 12.5 Å². The van der Waals surface area contributed by atoms with E-state index in [1.807, 2.05) is 5.32 Å². The number of nitrogens with one attached hydrogen (secondary N) is 3. The van der Waals surface area contributed by atoms with Crippen molar-refractivity contribution in [1.82, 2.24) is 21.1 Å². The Kier molecular flexibility index (Phi) is 5.17. The van der Waals surface area contributed by atoms with Crippen molar-refractivity contribution in [3.8, 4) is 0 Å². The summed E-state index contributed by atoms with van der Waals surface area (Å²) in [7, 11) is 0. The predicted octanol–water partition coefficient (Wildman–Crippen LogP) is 0.490. The topological polar surface area (TPSA) is 108 Å². The van der Waals surface area contributed by atoms with Crippen molar-refractivity contribution in [1.29, 1.82) is 0 Å². The van der Waals surface area contributed by atoms with E-state index in [0.717, 1.165) is 5.01 Å². The molecule has 5 amide bonds. The normalized spacial score (nSPS) is 15.1. The monoisotopic (exact) mass is 338 g/mol. The van der Waals surface area contributed by atoms with Gasteiger partial charge in [0.1, 0.15) is 6.54 Å². The van der Waals surface area contributed by atoms with Gasteiger partial charge in [-0.1, -0.05) is 23.7 Å². The van der Waals surface area contributed by atoms with E-state index in [1.54, 1.807) is 24.3 Å². The van der Waals surface area contributed by atoms with Crippen molar-refractivity contribution in [2.75, 3.05) is 6.54 Å². The van der Waals surface area contributed by atoms with E-state index >= 15 is 0 Å². The zero-order valence-electron chi connectivity index (χ0n) is 12.3. The maximum Gasteiger partial charge on any atom is 0.343 e. The van der Waals surface area contributed by atoms with E-state index < -0.39 is 23.9 Å². The van der Waals surface area contributed by atoms with Gasteiger partial charge in [-0.2, -0.15) is 0 Å². The van der Waals surface area contributed by atoms with Crippen LogP contribution in [0.2, 0.25) is 5.02 Å². The first kappa shape index (κ1) is 16.8. The first-order valence-electron chi connectivity index (χ1n) is 6.78. The standard InChI is InChI=1S/C14H15ClN4O4/c1-8(20)16-11(9-2-4-10(15)5-3-9)6-12(21)18-19-7-13(22)17-14(19)23/h2-5,11H,6-7H2,1H3,(H,16,20)(H,18,21)(H,17,22,23). The summed E-state index contributed by atoms with van der Waals surface area (Å²) in [6.45, 7) is 1.10. The van der Waals surface area contributed by atoms with Gasteiger partial charge in [-0.25, -0.2) is 9.80 Å². The van der Waals surface area contributed by atoms with Crippen LogP contribution < -0.4 is 16.1 Å². The zero-order valence-corrected chi connectivity index (χ0v) is 13.0. The number of urea groups is 1. The fraction of sp³-hybridized carbons (Fsp3) is 0.286. The molecule has 122 valence electrons. The highest BCUT2D eigenvalue weighted by atomic mass is 35.5. The van der Waals surface area contributed by atoms with Crippen molar-refractivity contribution in [3.63, 3.8) is 0 Å². The third kappa shape index (κ3) is 4.68. The number of nitrogens with zero attached hydrogens (tertiary/aromatic N) is 1. The minimum absolute atomic E-state index is 0.0980. The van der Waals surface area contributed by atoms with Gasteiger partial charge in [0, 0.05) is 11.9 Å². The lowest BCUT2D eigenvalue weighted by molar-refractivity contribution is -0.126. The van der Waals surface area contributed by atoms with Crippen molar-refractivity contribution in [2.45, 2.75) is 19.4 Å². The van der Waals surface area contributed by atoms with Gasteiger partial charge >= 0.3 is 6.03 Å². The molecule has 3 N–H and O–H groups in total. The van der Waals surface area contributed by atoms with Crippen LogP contribution in [0.25, 0.3) is 0 Å². The summed E-state index contributed by atoms with van der Waals surface area (Å²) < 4.78 is 0. The Balaban J connectivity index is 2.03. The van der Waals surface area contributed by atoms with E-state index in [9.17, 15) is 19.2 Å². The molecular formula is C14H15ClN4O4. The maximum atomic E-state index is 12.1. The number of rotatable bonds is 5. The second-order valence-electron chi connectivity index (χ2n) is 4.98. The van der Waals surface area contributed by atoms with Gasteiger partial charge < -0.3 is 5.32 Å². The van der Waals surface area contributed by atoms with Gasteiger partial charge in [-0.3, -0.25) is 25.1 Å². The molecule has 1 aromatic rings. The predicted molar refractivity (Wildman–Crippen MR) is 81.0 cm³/mol. The van der Waals surface area contributed by atoms with E-state index in [1.165, 1.54) is 6.92 Å². The minimum Gasteiger partial charge on any atom is -0.349 e. The Bertz CT molecular complexity index is 647. The molecule has 9 heteroatoms. The van der Waals surface area contributed by atoms with Crippen LogP contribution in [0.5, 0.6) is 0 Å². The van der Waals surface area contributed by atoms with Crippen LogP contribution in [-0.4, -0.2) is 35.3 Å². The number of hydrogen-bond acceptors (Lipinski definition) is 4. The highest BCUT2D eigenvalue weighted by molar-refractivity contribution is 6.30. The van der Waals surface area contributed by atoms with Crippen molar-refractivity contribution in [3.05, 3.63) is 34.9 Å².